The standard InChI is InChI=1S/Al.Ba.Fe.H4Si.5H/h;;;1H4;;;;;/q;+2;;;;;;2*-1. The first kappa shape index (κ1) is 28.9. The van der Waals surface area contributed by atoms with Gasteiger partial charge < -0.3 is 2.85 Å². The van der Waals surface area contributed by atoms with E-state index in [2.05, 4.69) is 0 Å². The van der Waals surface area contributed by atoms with Crippen molar-refractivity contribution in [1.82, 2.24) is 0 Å². The van der Waals surface area contributed by atoms with Crippen LogP contribution in [0, 0.1) is 0 Å². The third-order valence-electron chi connectivity index (χ3n) is 0. The van der Waals surface area contributed by atoms with Crippen LogP contribution >= 0.6 is 0 Å². The summed E-state index contributed by atoms with van der Waals surface area (Å²) in [4.78, 5) is 0. The van der Waals surface area contributed by atoms with Crippen LogP contribution in [0.5, 0.6) is 0 Å². The van der Waals surface area contributed by atoms with Crippen molar-refractivity contribution >= 4 is 77.2 Å². The van der Waals surface area contributed by atoms with Crippen LogP contribution in [0.25, 0.3) is 0 Å². The molecular formula is H9AlBaFeSi. The van der Waals surface area contributed by atoms with E-state index in [1.165, 1.54) is 0 Å². The Morgan fingerprint density at radius 1 is 1.25 bits per heavy atom. The molecule has 0 aliphatic heterocycles. The fourth-order valence-corrected chi connectivity index (χ4v) is 0. The van der Waals surface area contributed by atoms with Crippen molar-refractivity contribution in [2.45, 2.75) is 0 Å². The maximum Gasteiger partial charge on any atom is 2.00 e. The molecule has 0 spiro atoms. The summed E-state index contributed by atoms with van der Waals surface area (Å²) in [5, 5.41) is 0. The van der Waals surface area contributed by atoms with E-state index in [1.807, 2.05) is 0 Å². The second kappa shape index (κ2) is 17.0. The van der Waals surface area contributed by atoms with Crippen molar-refractivity contribution in [3.8, 4) is 0 Å². The zero-order valence-corrected chi connectivity index (χ0v) is 6.61. The van der Waals surface area contributed by atoms with Crippen molar-refractivity contribution in [3.63, 3.8) is 0 Å². The normalized spacial score (nSPS) is 0. The average Bonchev–Trinajstić information content (AvgIpc) is 0. The van der Waals surface area contributed by atoms with Crippen LogP contribution in [-0.2, 0) is 17.1 Å². The van der Waals surface area contributed by atoms with E-state index in [0.29, 0.717) is 0 Å². The van der Waals surface area contributed by atoms with Crippen LogP contribution in [0.3, 0.4) is 0 Å². The molecule has 0 aromatic heterocycles. The molecule has 26 valence electrons. The molecule has 0 saturated carbocycles. The molecule has 0 N–H and O–H groups in total. The van der Waals surface area contributed by atoms with Gasteiger partial charge in [0.05, 0.1) is 0 Å². The van der Waals surface area contributed by atoms with Crippen molar-refractivity contribution in [3.05, 3.63) is 0 Å². The second-order valence-electron chi connectivity index (χ2n) is 0. The van der Waals surface area contributed by atoms with E-state index in [0.717, 1.165) is 0 Å². The van der Waals surface area contributed by atoms with E-state index in [-0.39, 0.29) is 97.1 Å². The molecule has 0 heterocycles. The summed E-state index contributed by atoms with van der Waals surface area (Å²) >= 11 is 0. The maximum atomic E-state index is 0. The quantitative estimate of drug-likeness (QED) is 0.412. The van der Waals surface area contributed by atoms with Gasteiger partial charge in [0.2, 0.25) is 0 Å². The summed E-state index contributed by atoms with van der Waals surface area (Å²) in [6.07, 6.45) is 0. The minimum absolute atomic E-state index is 0. The Bertz CT molecular complexity index is 13.5. The van der Waals surface area contributed by atoms with E-state index >= 15 is 0 Å². The predicted molar refractivity (Wildman–Crippen MR) is 29.3 cm³/mol. The third kappa shape index (κ3) is 8.85. The molecule has 4 heteroatoms. The molecule has 0 saturated heterocycles. The Morgan fingerprint density at radius 2 is 1.25 bits per heavy atom. The summed E-state index contributed by atoms with van der Waals surface area (Å²) < 4.78 is 0. The zero-order valence-electron chi connectivity index (χ0n) is 3.06. The van der Waals surface area contributed by atoms with Crippen LogP contribution in [0.4, 0.5) is 0 Å². The van der Waals surface area contributed by atoms with Gasteiger partial charge in [-0.1, -0.05) is 0 Å². The van der Waals surface area contributed by atoms with E-state index in [4.69, 9.17) is 0 Å². The molecule has 0 radical (unpaired) electrons. The third-order valence-corrected chi connectivity index (χ3v) is 0. The first-order valence-electron chi connectivity index (χ1n) is 0. The Balaban J connectivity index is 0. The molecule has 0 nitrogen and oxygen atoms in total. The van der Waals surface area contributed by atoms with Crippen molar-refractivity contribution in [2.75, 3.05) is 0 Å². The largest absolute Gasteiger partial charge is 2.00 e. The van der Waals surface area contributed by atoms with Gasteiger partial charge in [-0.25, -0.2) is 0 Å². The fourth-order valence-electron chi connectivity index (χ4n) is 0. The van der Waals surface area contributed by atoms with Gasteiger partial charge in [-0.2, -0.15) is 0 Å². The van der Waals surface area contributed by atoms with Gasteiger partial charge in [0, 0.05) is 17.1 Å². The van der Waals surface area contributed by atoms with E-state index < -0.39 is 0 Å². The SMILES string of the molecule is [AlH3].[Ba+2].[Fe].[H-].[H-].[SiH4]. The minimum Gasteiger partial charge on any atom is -1.00 e. The van der Waals surface area contributed by atoms with Crippen LogP contribution in [0.15, 0.2) is 0 Å². The van der Waals surface area contributed by atoms with Gasteiger partial charge in [0.25, 0.3) is 0 Å². The molecule has 0 aromatic rings. The van der Waals surface area contributed by atoms with Crippen LogP contribution < -0.4 is 0 Å². The van der Waals surface area contributed by atoms with Gasteiger partial charge in [0.15, 0.2) is 17.4 Å². The van der Waals surface area contributed by atoms with E-state index in [1.54, 1.807) is 0 Å². The van der Waals surface area contributed by atoms with Crippen LogP contribution in [0.1, 0.15) is 2.85 Å². The summed E-state index contributed by atoms with van der Waals surface area (Å²) in [5.74, 6) is 0. The Kier molecular flexibility index (Phi) is 123. The van der Waals surface area contributed by atoms with Crippen molar-refractivity contribution in [1.29, 1.82) is 0 Å². The molecule has 0 amide bonds. The zero-order chi connectivity index (χ0) is 0. The van der Waals surface area contributed by atoms with Gasteiger partial charge >= 0.3 is 48.9 Å². The molecule has 0 bridgehead atoms. The van der Waals surface area contributed by atoms with Crippen molar-refractivity contribution < 1.29 is 19.9 Å². The number of rotatable bonds is 0. The summed E-state index contributed by atoms with van der Waals surface area (Å²) in [7, 11) is 0. The monoisotopic (exact) mass is 258 g/mol. The number of hydrogen-bond acceptors (Lipinski definition) is 0. The summed E-state index contributed by atoms with van der Waals surface area (Å²) in [6.45, 7) is 0. The molecule has 0 rings (SSSR count). The molecule has 0 aliphatic carbocycles. The second-order valence-corrected chi connectivity index (χ2v) is 0. The van der Waals surface area contributed by atoms with E-state index in [9.17, 15) is 0 Å². The maximum absolute atomic E-state index is 0. The van der Waals surface area contributed by atoms with Crippen LogP contribution in [-0.4, -0.2) is 77.2 Å². The Labute approximate surface area is 95.2 Å². The van der Waals surface area contributed by atoms with Gasteiger partial charge in [-0.05, 0) is 11.0 Å². The molecule has 0 fully saturated rings. The first-order valence-corrected chi connectivity index (χ1v) is 0. The first-order chi connectivity index (χ1) is 0. The molecule has 0 aromatic carbocycles. The molecular weight excluding hydrogens is 248 g/mol. The van der Waals surface area contributed by atoms with Gasteiger partial charge in [-0.15, -0.1) is 0 Å². The minimum atomic E-state index is 0. The molecule has 0 aliphatic rings. The Hall–Kier alpha value is 2.84. The fraction of sp³-hybridized carbons (Fsp3) is 0. The predicted octanol–water partition coefficient (Wildman–Crippen LogP) is -2.79. The Morgan fingerprint density at radius 3 is 1.25 bits per heavy atom. The average molecular weight is 257 g/mol. The molecule has 0 unspecified atom stereocenters. The topological polar surface area (TPSA) is 0 Å². The molecule has 0 atom stereocenters. The van der Waals surface area contributed by atoms with Crippen LogP contribution in [0.2, 0.25) is 0 Å². The number of hydrogen-bond donors (Lipinski definition) is 0. The molecule has 4 heavy (non-hydrogen) atoms. The smallest absolute Gasteiger partial charge is 1.00 e. The van der Waals surface area contributed by atoms with Gasteiger partial charge in [0.1, 0.15) is 0 Å². The summed E-state index contributed by atoms with van der Waals surface area (Å²) in [6, 6.07) is 0. The van der Waals surface area contributed by atoms with Crippen molar-refractivity contribution in [2.24, 2.45) is 0 Å². The summed E-state index contributed by atoms with van der Waals surface area (Å²) in [5.41, 5.74) is 0. The van der Waals surface area contributed by atoms with Gasteiger partial charge in [-0.3, -0.25) is 0 Å².